The number of carbonyl (C=O) groups excluding carboxylic acids is 1. The van der Waals surface area contributed by atoms with Crippen molar-refractivity contribution < 1.29 is 26.4 Å². The van der Waals surface area contributed by atoms with Gasteiger partial charge in [0.05, 0.1) is 34.5 Å². The number of methoxy groups -OCH3 is 1. The molecule has 1 heterocycles. The highest BCUT2D eigenvalue weighted by Gasteiger charge is 2.44. The minimum absolute atomic E-state index is 0.0134. The van der Waals surface area contributed by atoms with E-state index in [1.165, 1.54) is 29.6 Å². The van der Waals surface area contributed by atoms with Crippen molar-refractivity contribution >= 4 is 26.0 Å². The van der Waals surface area contributed by atoms with Crippen LogP contribution in [0.1, 0.15) is 37.8 Å². The second kappa shape index (κ2) is 11.1. The summed E-state index contributed by atoms with van der Waals surface area (Å²) in [7, 11) is -6.58. The zero-order chi connectivity index (χ0) is 29.3. The van der Waals surface area contributed by atoms with Crippen molar-refractivity contribution in [3.8, 4) is 17.2 Å². The van der Waals surface area contributed by atoms with Crippen LogP contribution < -0.4 is 4.72 Å². The summed E-state index contributed by atoms with van der Waals surface area (Å²) >= 11 is 0. The van der Waals surface area contributed by atoms with Gasteiger partial charge < -0.3 is 4.74 Å². The summed E-state index contributed by atoms with van der Waals surface area (Å²) in [6.45, 7) is 5.22. The molecule has 2 unspecified atom stereocenters. The van der Waals surface area contributed by atoms with Gasteiger partial charge in [0.2, 0.25) is 20.0 Å². The standard InChI is InChI=1S/C29H31N3O6S2/c1-29(2,3)31-39(34,35)27-11-6-5-10-24(27)21-12-14-23(15-13-21)40(36,37)32-18-25(26(19-32)28(33)38-4)22-9-7-8-20(16-22)17-30/h5-16,25-26,31H,18-19H2,1-4H3. The first-order valence-corrected chi connectivity index (χ1v) is 15.5. The van der Waals surface area contributed by atoms with Crippen LogP contribution in [0.2, 0.25) is 0 Å². The number of hydrogen-bond donors (Lipinski definition) is 1. The average molecular weight is 582 g/mol. The van der Waals surface area contributed by atoms with E-state index in [0.717, 1.165) is 0 Å². The van der Waals surface area contributed by atoms with Gasteiger partial charge in [-0.3, -0.25) is 4.79 Å². The van der Waals surface area contributed by atoms with Gasteiger partial charge >= 0.3 is 5.97 Å². The average Bonchev–Trinajstić information content (AvgIpc) is 3.38. The van der Waals surface area contributed by atoms with Gasteiger partial charge in [-0.1, -0.05) is 42.5 Å². The minimum Gasteiger partial charge on any atom is -0.469 e. The maximum absolute atomic E-state index is 13.6. The third-order valence-corrected chi connectivity index (χ3v) is 10.3. The molecule has 0 bridgehead atoms. The Kier molecular flexibility index (Phi) is 8.19. The van der Waals surface area contributed by atoms with Gasteiger partial charge in [-0.25, -0.2) is 21.6 Å². The van der Waals surface area contributed by atoms with Crippen LogP contribution in [0.4, 0.5) is 0 Å². The predicted molar refractivity (Wildman–Crippen MR) is 150 cm³/mol. The summed E-state index contributed by atoms with van der Waals surface area (Å²) in [6, 6.07) is 21.4. The molecule has 0 aliphatic carbocycles. The van der Waals surface area contributed by atoms with E-state index >= 15 is 0 Å². The van der Waals surface area contributed by atoms with Crippen molar-refractivity contribution in [3.05, 3.63) is 83.9 Å². The number of nitrogens with zero attached hydrogens (tertiary/aromatic N) is 2. The lowest BCUT2D eigenvalue weighted by atomic mass is 9.88. The molecule has 0 amide bonds. The van der Waals surface area contributed by atoms with Gasteiger partial charge in [-0.05, 0) is 62.2 Å². The Morgan fingerprint density at radius 3 is 2.27 bits per heavy atom. The predicted octanol–water partition coefficient (Wildman–Crippen LogP) is 3.88. The summed E-state index contributed by atoms with van der Waals surface area (Å²) < 4.78 is 62.3. The van der Waals surface area contributed by atoms with E-state index in [1.807, 2.05) is 0 Å². The molecule has 210 valence electrons. The molecule has 3 aromatic carbocycles. The quantitative estimate of drug-likeness (QED) is 0.419. The number of sulfonamides is 2. The normalized spacial score (nSPS) is 18.3. The molecule has 0 saturated carbocycles. The van der Waals surface area contributed by atoms with Crippen molar-refractivity contribution in [1.29, 1.82) is 5.26 Å². The van der Waals surface area contributed by atoms with Crippen LogP contribution in [0.15, 0.2) is 82.6 Å². The van der Waals surface area contributed by atoms with E-state index in [0.29, 0.717) is 22.3 Å². The molecule has 0 spiro atoms. The molecule has 1 saturated heterocycles. The fourth-order valence-electron chi connectivity index (χ4n) is 4.88. The number of ether oxygens (including phenoxy) is 1. The molecule has 40 heavy (non-hydrogen) atoms. The molecule has 1 aliphatic rings. The lowest BCUT2D eigenvalue weighted by Crippen LogP contribution is -2.40. The number of nitriles is 1. The van der Waals surface area contributed by atoms with Crippen molar-refractivity contribution in [3.63, 3.8) is 0 Å². The van der Waals surface area contributed by atoms with E-state index in [-0.39, 0.29) is 22.9 Å². The summed E-state index contributed by atoms with van der Waals surface area (Å²) in [6.07, 6.45) is 0. The Morgan fingerprint density at radius 1 is 0.975 bits per heavy atom. The van der Waals surface area contributed by atoms with E-state index in [9.17, 15) is 26.9 Å². The summed E-state index contributed by atoms with van der Waals surface area (Å²) in [5.41, 5.74) is 1.39. The maximum atomic E-state index is 13.6. The number of rotatable bonds is 7. The highest BCUT2D eigenvalue weighted by Crippen LogP contribution is 2.37. The SMILES string of the molecule is COC(=O)C1CN(S(=O)(=O)c2ccc(-c3ccccc3S(=O)(=O)NC(C)(C)C)cc2)CC1c1cccc(C#N)c1. The fraction of sp³-hybridized carbons (Fsp3) is 0.310. The van der Waals surface area contributed by atoms with E-state index in [1.54, 1.807) is 75.4 Å². The molecule has 11 heteroatoms. The first-order valence-electron chi connectivity index (χ1n) is 12.6. The Hall–Kier alpha value is -3.56. The lowest BCUT2D eigenvalue weighted by molar-refractivity contribution is -0.145. The molecule has 0 radical (unpaired) electrons. The molecule has 1 N–H and O–H groups in total. The Bertz CT molecular complexity index is 1670. The van der Waals surface area contributed by atoms with Gasteiger partial charge in [0.1, 0.15) is 0 Å². The highest BCUT2D eigenvalue weighted by atomic mass is 32.2. The first-order chi connectivity index (χ1) is 18.8. The summed E-state index contributed by atoms with van der Waals surface area (Å²) in [4.78, 5) is 12.7. The summed E-state index contributed by atoms with van der Waals surface area (Å²) in [5.74, 6) is -1.75. The van der Waals surface area contributed by atoms with Gasteiger partial charge in [0.15, 0.2) is 0 Å². The molecular formula is C29H31N3O6S2. The molecule has 4 rings (SSSR count). The largest absolute Gasteiger partial charge is 0.469 e. The van der Waals surface area contributed by atoms with Crippen LogP contribution in [-0.4, -0.2) is 52.8 Å². The molecule has 9 nitrogen and oxygen atoms in total. The molecular weight excluding hydrogens is 550 g/mol. The van der Waals surface area contributed by atoms with Crippen LogP contribution in [0.3, 0.4) is 0 Å². The second-order valence-electron chi connectivity index (χ2n) is 10.7. The van der Waals surface area contributed by atoms with Gasteiger partial charge in [-0.2, -0.15) is 9.57 Å². The fourth-order valence-corrected chi connectivity index (χ4v) is 8.02. The number of benzene rings is 3. The van der Waals surface area contributed by atoms with Crippen molar-refractivity contribution in [2.75, 3.05) is 20.2 Å². The molecule has 3 aromatic rings. The topological polar surface area (TPSA) is 134 Å². The Balaban J connectivity index is 1.65. The number of nitrogens with one attached hydrogen (secondary N) is 1. The molecule has 0 aromatic heterocycles. The van der Waals surface area contributed by atoms with E-state index in [4.69, 9.17) is 4.74 Å². The Labute approximate surface area is 235 Å². The monoisotopic (exact) mass is 581 g/mol. The van der Waals surface area contributed by atoms with Crippen LogP contribution in [0.5, 0.6) is 0 Å². The second-order valence-corrected chi connectivity index (χ2v) is 14.3. The van der Waals surface area contributed by atoms with Crippen LogP contribution in [0.25, 0.3) is 11.1 Å². The maximum Gasteiger partial charge on any atom is 0.310 e. The first kappa shape index (κ1) is 29.4. The zero-order valence-electron chi connectivity index (χ0n) is 22.7. The molecule has 1 fully saturated rings. The Morgan fingerprint density at radius 2 is 1.65 bits per heavy atom. The van der Waals surface area contributed by atoms with Crippen LogP contribution in [0, 0.1) is 17.2 Å². The van der Waals surface area contributed by atoms with E-state index in [2.05, 4.69) is 10.8 Å². The zero-order valence-corrected chi connectivity index (χ0v) is 24.3. The minimum atomic E-state index is -4.00. The summed E-state index contributed by atoms with van der Waals surface area (Å²) in [5, 5.41) is 9.29. The number of esters is 1. The number of carbonyl (C=O) groups is 1. The van der Waals surface area contributed by atoms with Crippen molar-refractivity contribution in [1.82, 2.24) is 9.03 Å². The highest BCUT2D eigenvalue weighted by molar-refractivity contribution is 7.89. The van der Waals surface area contributed by atoms with Crippen LogP contribution >= 0.6 is 0 Å². The molecule has 1 aliphatic heterocycles. The third kappa shape index (κ3) is 6.10. The van der Waals surface area contributed by atoms with Crippen molar-refractivity contribution in [2.24, 2.45) is 5.92 Å². The van der Waals surface area contributed by atoms with Crippen molar-refractivity contribution in [2.45, 2.75) is 42.0 Å². The smallest absolute Gasteiger partial charge is 0.310 e. The third-order valence-electron chi connectivity index (χ3n) is 6.65. The van der Waals surface area contributed by atoms with Gasteiger partial charge in [0.25, 0.3) is 0 Å². The van der Waals surface area contributed by atoms with Gasteiger partial charge in [-0.15, -0.1) is 0 Å². The van der Waals surface area contributed by atoms with Crippen LogP contribution in [-0.2, 0) is 29.6 Å². The van der Waals surface area contributed by atoms with E-state index < -0.39 is 43.4 Å². The number of hydrogen-bond acceptors (Lipinski definition) is 7. The van der Waals surface area contributed by atoms with Gasteiger partial charge in [0, 0.05) is 30.1 Å². The molecule has 2 atom stereocenters. The lowest BCUT2D eigenvalue weighted by Gasteiger charge is -2.21.